The Kier molecular flexibility index (Phi) is 4.56. The van der Waals surface area contributed by atoms with Crippen molar-refractivity contribution in [2.24, 2.45) is 0 Å². The average Bonchev–Trinajstić information content (AvgIpc) is 2.48. The average molecular weight is 288 g/mol. The van der Waals surface area contributed by atoms with Gasteiger partial charge >= 0.3 is 0 Å². The first kappa shape index (κ1) is 13.9. The number of ether oxygens (including phenoxy) is 1. The highest BCUT2D eigenvalue weighted by Crippen LogP contribution is 2.11. The van der Waals surface area contributed by atoms with Gasteiger partial charge in [-0.2, -0.15) is 0 Å². The summed E-state index contributed by atoms with van der Waals surface area (Å²) < 4.78 is 5.02. The molecular formula is C13H12N4O2S. The Bertz CT molecular complexity index is 602. The fourth-order valence-corrected chi connectivity index (χ4v) is 1.63. The summed E-state index contributed by atoms with van der Waals surface area (Å²) in [6.45, 7) is 0. The molecule has 2 N–H and O–H groups in total. The van der Waals surface area contributed by atoms with E-state index in [1.54, 1.807) is 37.6 Å². The van der Waals surface area contributed by atoms with Crippen molar-refractivity contribution in [3.63, 3.8) is 0 Å². The number of hydrogen-bond acceptors (Lipinski definition) is 5. The normalized spacial score (nSPS) is 9.65. The Morgan fingerprint density at radius 3 is 2.60 bits per heavy atom. The zero-order chi connectivity index (χ0) is 14.4. The number of methoxy groups -OCH3 is 1. The fourth-order valence-electron chi connectivity index (χ4n) is 1.43. The smallest absolute Gasteiger partial charge is 0.257 e. The van der Waals surface area contributed by atoms with Crippen LogP contribution in [-0.2, 0) is 0 Å². The summed E-state index contributed by atoms with van der Waals surface area (Å²) in [7, 11) is 1.56. The maximum Gasteiger partial charge on any atom is 0.257 e. The lowest BCUT2D eigenvalue weighted by atomic mass is 10.2. The molecule has 2 aromatic rings. The second kappa shape index (κ2) is 6.58. The quantitative estimate of drug-likeness (QED) is 0.836. The minimum absolute atomic E-state index is 0.159. The zero-order valence-electron chi connectivity index (χ0n) is 10.7. The molecule has 0 bridgehead atoms. The summed E-state index contributed by atoms with van der Waals surface area (Å²) in [5.41, 5.74) is 0.481. The number of thiocarbonyl (C=S) groups is 1. The number of benzene rings is 1. The minimum atomic E-state index is -0.311. The highest BCUT2D eigenvalue weighted by molar-refractivity contribution is 7.80. The third kappa shape index (κ3) is 3.72. The number of anilines is 1. The van der Waals surface area contributed by atoms with E-state index in [1.807, 2.05) is 0 Å². The summed E-state index contributed by atoms with van der Waals surface area (Å²) in [6.07, 6.45) is 4.58. The molecule has 0 radical (unpaired) electrons. The van der Waals surface area contributed by atoms with Gasteiger partial charge in [0.1, 0.15) is 5.75 Å². The lowest BCUT2D eigenvalue weighted by Crippen LogP contribution is -2.34. The molecule has 1 aromatic carbocycles. The number of amides is 1. The Morgan fingerprint density at radius 1 is 1.25 bits per heavy atom. The van der Waals surface area contributed by atoms with Gasteiger partial charge < -0.3 is 10.1 Å². The second-order valence-electron chi connectivity index (χ2n) is 3.73. The van der Waals surface area contributed by atoms with E-state index < -0.39 is 0 Å². The van der Waals surface area contributed by atoms with Crippen molar-refractivity contribution in [3.05, 3.63) is 48.4 Å². The van der Waals surface area contributed by atoms with E-state index in [-0.39, 0.29) is 11.0 Å². The molecule has 0 saturated heterocycles. The summed E-state index contributed by atoms with van der Waals surface area (Å²) in [6, 6.07) is 6.71. The van der Waals surface area contributed by atoms with Crippen LogP contribution in [0, 0.1) is 0 Å². The number of aromatic nitrogens is 2. The minimum Gasteiger partial charge on any atom is -0.497 e. The lowest BCUT2D eigenvalue weighted by Gasteiger charge is -2.08. The van der Waals surface area contributed by atoms with Gasteiger partial charge in [0.25, 0.3) is 5.91 Å². The first-order valence-corrected chi connectivity index (χ1v) is 6.12. The van der Waals surface area contributed by atoms with E-state index in [0.717, 1.165) is 0 Å². The maximum absolute atomic E-state index is 11.9. The highest BCUT2D eigenvalue weighted by Gasteiger charge is 2.08. The number of nitrogens with zero attached hydrogens (tertiary/aromatic N) is 2. The number of rotatable bonds is 3. The van der Waals surface area contributed by atoms with E-state index in [4.69, 9.17) is 17.0 Å². The van der Waals surface area contributed by atoms with Crippen LogP contribution in [0.2, 0.25) is 0 Å². The molecule has 1 heterocycles. The summed E-state index contributed by atoms with van der Waals surface area (Å²) >= 11 is 5.03. The van der Waals surface area contributed by atoms with Crippen LogP contribution in [0.25, 0.3) is 0 Å². The molecule has 20 heavy (non-hydrogen) atoms. The van der Waals surface area contributed by atoms with Gasteiger partial charge in [0.2, 0.25) is 0 Å². The first-order valence-electron chi connectivity index (χ1n) is 5.71. The predicted molar refractivity (Wildman–Crippen MR) is 78.7 cm³/mol. The topological polar surface area (TPSA) is 76.1 Å². The molecule has 0 aliphatic heterocycles. The van der Waals surface area contributed by atoms with E-state index in [9.17, 15) is 4.79 Å². The first-order chi connectivity index (χ1) is 9.69. The summed E-state index contributed by atoms with van der Waals surface area (Å²) in [4.78, 5) is 19.8. The third-order valence-electron chi connectivity index (χ3n) is 2.38. The monoisotopic (exact) mass is 288 g/mol. The second-order valence-corrected chi connectivity index (χ2v) is 4.14. The maximum atomic E-state index is 11.9. The molecule has 0 aliphatic carbocycles. The summed E-state index contributed by atoms with van der Waals surface area (Å²) in [5, 5.41) is 5.48. The van der Waals surface area contributed by atoms with Crippen LogP contribution in [0.15, 0.2) is 42.9 Å². The van der Waals surface area contributed by atoms with E-state index in [2.05, 4.69) is 20.6 Å². The molecule has 2 rings (SSSR count). The standard InChI is InChI=1S/C13H12N4O2S/c1-19-10-4-2-9(3-5-10)12(18)17-13(20)16-11-8-14-6-7-15-11/h2-8H,1H3,(H2,15,16,17,18,20). The van der Waals surface area contributed by atoms with Crippen molar-refractivity contribution >= 4 is 29.1 Å². The largest absolute Gasteiger partial charge is 0.497 e. The molecule has 0 atom stereocenters. The number of nitrogens with one attached hydrogen (secondary N) is 2. The van der Waals surface area contributed by atoms with Crippen molar-refractivity contribution < 1.29 is 9.53 Å². The van der Waals surface area contributed by atoms with Gasteiger partial charge in [-0.15, -0.1) is 0 Å². The van der Waals surface area contributed by atoms with Crippen molar-refractivity contribution in [2.45, 2.75) is 0 Å². The number of carbonyl (C=O) groups is 1. The van der Waals surface area contributed by atoms with Crippen LogP contribution in [0.3, 0.4) is 0 Å². The van der Waals surface area contributed by atoms with Crippen molar-refractivity contribution in [2.75, 3.05) is 12.4 Å². The van der Waals surface area contributed by atoms with Crippen LogP contribution >= 0.6 is 12.2 Å². The summed E-state index contributed by atoms with van der Waals surface area (Å²) in [5.74, 6) is 0.836. The Morgan fingerprint density at radius 2 is 2.00 bits per heavy atom. The third-order valence-corrected chi connectivity index (χ3v) is 2.59. The predicted octanol–water partition coefficient (Wildman–Crippen LogP) is 1.61. The Balaban J connectivity index is 1.95. The molecule has 1 aromatic heterocycles. The van der Waals surface area contributed by atoms with Crippen LogP contribution < -0.4 is 15.4 Å². The molecule has 0 spiro atoms. The molecule has 0 fully saturated rings. The molecule has 0 saturated carbocycles. The lowest BCUT2D eigenvalue weighted by molar-refractivity contribution is 0.0977. The molecule has 7 heteroatoms. The van der Waals surface area contributed by atoms with Crippen LogP contribution in [0.4, 0.5) is 5.82 Å². The van der Waals surface area contributed by atoms with Crippen molar-refractivity contribution in [1.29, 1.82) is 0 Å². The molecule has 0 unspecified atom stereocenters. The number of hydrogen-bond donors (Lipinski definition) is 2. The van der Waals surface area contributed by atoms with Gasteiger partial charge in [-0.3, -0.25) is 15.1 Å². The van der Waals surface area contributed by atoms with E-state index in [0.29, 0.717) is 17.1 Å². The molecular weight excluding hydrogens is 276 g/mol. The van der Waals surface area contributed by atoms with Crippen LogP contribution in [0.5, 0.6) is 5.75 Å². The molecule has 6 nitrogen and oxygen atoms in total. The van der Waals surface area contributed by atoms with Crippen LogP contribution in [0.1, 0.15) is 10.4 Å². The van der Waals surface area contributed by atoms with Crippen molar-refractivity contribution in [3.8, 4) is 5.75 Å². The SMILES string of the molecule is COc1ccc(C(=O)NC(=S)Nc2cnccn2)cc1. The van der Waals surface area contributed by atoms with Crippen molar-refractivity contribution in [1.82, 2.24) is 15.3 Å². The highest BCUT2D eigenvalue weighted by atomic mass is 32.1. The van der Waals surface area contributed by atoms with Gasteiger partial charge in [-0.1, -0.05) is 0 Å². The van der Waals surface area contributed by atoms with Gasteiger partial charge in [0.15, 0.2) is 10.9 Å². The van der Waals surface area contributed by atoms with E-state index in [1.165, 1.54) is 12.4 Å². The van der Waals surface area contributed by atoms with Gasteiger partial charge in [0, 0.05) is 18.0 Å². The zero-order valence-corrected chi connectivity index (χ0v) is 11.5. The number of carbonyl (C=O) groups excluding carboxylic acids is 1. The van der Waals surface area contributed by atoms with Gasteiger partial charge in [-0.25, -0.2) is 4.98 Å². The van der Waals surface area contributed by atoms with Gasteiger partial charge in [-0.05, 0) is 36.5 Å². The Hall–Kier alpha value is -2.54. The van der Waals surface area contributed by atoms with Gasteiger partial charge in [0.05, 0.1) is 13.3 Å². The fraction of sp³-hybridized carbons (Fsp3) is 0.0769. The molecule has 102 valence electrons. The van der Waals surface area contributed by atoms with Crippen LogP contribution in [-0.4, -0.2) is 28.1 Å². The Labute approximate surface area is 121 Å². The molecule has 0 aliphatic rings. The van der Waals surface area contributed by atoms with E-state index >= 15 is 0 Å². The molecule has 1 amide bonds.